The van der Waals surface area contributed by atoms with E-state index in [1.54, 1.807) is 23.9 Å². The monoisotopic (exact) mass is 840 g/mol. The number of nitro benzene ring substituents is 1. The van der Waals surface area contributed by atoms with Gasteiger partial charge in [0, 0.05) is 85.8 Å². The summed E-state index contributed by atoms with van der Waals surface area (Å²) in [6, 6.07) is 46.1. The van der Waals surface area contributed by atoms with Crippen molar-refractivity contribution in [2.24, 2.45) is 32.6 Å². The summed E-state index contributed by atoms with van der Waals surface area (Å²) in [5, 5.41) is 32.7. The van der Waals surface area contributed by atoms with Gasteiger partial charge in [0.1, 0.15) is 17.6 Å². The summed E-state index contributed by atoms with van der Waals surface area (Å²) in [6.45, 7) is 0. The second-order valence-corrected chi connectivity index (χ2v) is 15.4. The van der Waals surface area contributed by atoms with Gasteiger partial charge in [-0.05, 0) is 68.8 Å². The number of nitrogens with zero attached hydrogens (tertiary/aromatic N) is 4. The van der Waals surface area contributed by atoms with Crippen LogP contribution < -0.4 is 11.5 Å². The topological polar surface area (TPSA) is 185 Å². The highest BCUT2D eigenvalue weighted by atomic mass is 16.6. The molecule has 0 saturated carbocycles. The lowest BCUT2D eigenvalue weighted by Crippen LogP contribution is -2.32. The summed E-state index contributed by atoms with van der Waals surface area (Å²) in [4.78, 5) is 33.2. The molecule has 0 radical (unpaired) electrons. The van der Waals surface area contributed by atoms with Gasteiger partial charge in [0.05, 0.1) is 4.92 Å². The molecule has 3 aromatic heterocycles. The van der Waals surface area contributed by atoms with Gasteiger partial charge in [0.25, 0.3) is 5.69 Å². The Bertz CT molecular complexity index is 3060. The lowest BCUT2D eigenvalue weighted by molar-refractivity contribution is -0.383. The Morgan fingerprint density at radius 3 is 1.54 bits per heavy atom. The molecule has 0 fully saturated rings. The number of carboxylic acid groups (broad SMARTS) is 2. The van der Waals surface area contributed by atoms with Crippen LogP contribution in [0.5, 0.6) is 0 Å². The number of aryl methyl sites for hydroxylation is 3. The number of non-ortho nitro benzene ring substituents is 1. The number of carbonyl (C=O) groups is 2. The van der Waals surface area contributed by atoms with Gasteiger partial charge in [-0.1, -0.05) is 115 Å². The van der Waals surface area contributed by atoms with Gasteiger partial charge in [0.15, 0.2) is 0 Å². The fourth-order valence-electron chi connectivity index (χ4n) is 8.16. The van der Waals surface area contributed by atoms with E-state index in [0.717, 1.165) is 38.7 Å². The van der Waals surface area contributed by atoms with Crippen LogP contribution in [0.15, 0.2) is 164 Å². The Kier molecular flexibility index (Phi) is 13.0. The van der Waals surface area contributed by atoms with E-state index in [1.807, 2.05) is 78.5 Å². The van der Waals surface area contributed by atoms with E-state index in [0.29, 0.717) is 22.9 Å². The molecular formula is C51H48N6O6. The first kappa shape index (κ1) is 43.3. The first-order valence-electron chi connectivity index (χ1n) is 20.3. The molecule has 2 atom stereocenters. The third-order valence-corrected chi connectivity index (χ3v) is 11.2. The third kappa shape index (κ3) is 9.27. The minimum atomic E-state index is -1.11. The van der Waals surface area contributed by atoms with Gasteiger partial charge < -0.3 is 35.4 Å². The number of hydrogen-bond donors (Lipinski definition) is 4. The Balaban J connectivity index is 0.000000145. The molecule has 2 unspecified atom stereocenters. The second-order valence-electron chi connectivity index (χ2n) is 15.4. The minimum absolute atomic E-state index is 0.0210. The first-order chi connectivity index (χ1) is 30.3. The molecule has 3 heterocycles. The van der Waals surface area contributed by atoms with E-state index in [2.05, 4.69) is 90.6 Å². The van der Waals surface area contributed by atoms with Crippen LogP contribution in [0.25, 0.3) is 66.1 Å². The van der Waals surface area contributed by atoms with Crippen LogP contribution >= 0.6 is 0 Å². The van der Waals surface area contributed by atoms with Crippen LogP contribution in [-0.2, 0) is 43.6 Å². The van der Waals surface area contributed by atoms with Crippen molar-refractivity contribution in [1.29, 1.82) is 0 Å². The number of aromatic nitrogens is 3. The number of aliphatic carboxylic acids is 2. The molecule has 0 spiro atoms. The number of benzene rings is 6. The van der Waals surface area contributed by atoms with Crippen LogP contribution in [0.2, 0.25) is 0 Å². The number of rotatable bonds is 10. The summed E-state index contributed by atoms with van der Waals surface area (Å²) in [5.41, 5.74) is 22.4. The van der Waals surface area contributed by atoms with E-state index in [1.165, 1.54) is 28.1 Å². The predicted molar refractivity (Wildman–Crippen MR) is 250 cm³/mol. The average molecular weight is 841 g/mol. The lowest BCUT2D eigenvalue weighted by Gasteiger charge is -2.09. The molecule has 0 aliphatic rings. The second kappa shape index (κ2) is 18.9. The zero-order valence-corrected chi connectivity index (χ0v) is 35.1. The maximum absolute atomic E-state index is 11.4. The van der Waals surface area contributed by atoms with Gasteiger partial charge in [-0.3, -0.25) is 19.7 Å². The molecule has 0 amide bonds. The number of hydrogen-bond acceptors (Lipinski definition) is 6. The van der Waals surface area contributed by atoms with Crippen molar-refractivity contribution in [1.82, 2.24) is 13.7 Å². The van der Waals surface area contributed by atoms with E-state index in [9.17, 15) is 19.7 Å². The highest BCUT2D eigenvalue weighted by Gasteiger charge is 2.24. The summed E-state index contributed by atoms with van der Waals surface area (Å²) in [5.74, 6) is -2.09. The molecule has 9 rings (SSSR count). The summed E-state index contributed by atoms with van der Waals surface area (Å²) < 4.78 is 5.83. The Morgan fingerprint density at radius 2 is 1.02 bits per heavy atom. The van der Waals surface area contributed by atoms with Crippen molar-refractivity contribution in [3.05, 3.63) is 185 Å². The Hall–Kier alpha value is -7.80. The van der Waals surface area contributed by atoms with E-state index >= 15 is 0 Å². The van der Waals surface area contributed by atoms with Gasteiger partial charge in [-0.2, -0.15) is 0 Å². The number of carboxylic acids is 2. The van der Waals surface area contributed by atoms with Crippen molar-refractivity contribution < 1.29 is 24.7 Å². The van der Waals surface area contributed by atoms with Crippen LogP contribution in [0.3, 0.4) is 0 Å². The average Bonchev–Trinajstić information content (AvgIpc) is 3.95. The molecule has 12 heteroatoms. The van der Waals surface area contributed by atoms with Gasteiger partial charge >= 0.3 is 11.9 Å². The van der Waals surface area contributed by atoms with Crippen LogP contribution in [-0.4, -0.2) is 52.9 Å². The summed E-state index contributed by atoms with van der Waals surface area (Å²) in [7, 11) is 5.75. The highest BCUT2D eigenvalue weighted by molar-refractivity contribution is 6.03. The SMILES string of the molecule is Cn1cc(CC(N)C(=O)O)c2c(-c3ccccc3)ccc([N+](=O)[O-])c21.Cn1cc(CC(N)C(=O)O)c2c(-c3ccccc3)cccc21.Cn1ccc2c(-c3ccccc3)cccc21. The zero-order chi connectivity index (χ0) is 44.8. The Morgan fingerprint density at radius 1 is 0.556 bits per heavy atom. The predicted octanol–water partition coefficient (Wildman–Crippen LogP) is 9.35. The lowest BCUT2D eigenvalue weighted by atomic mass is 9.96. The highest BCUT2D eigenvalue weighted by Crippen LogP contribution is 2.38. The number of nitrogens with two attached hydrogens (primary N) is 2. The maximum Gasteiger partial charge on any atom is 0.320 e. The van der Waals surface area contributed by atoms with Crippen molar-refractivity contribution in [3.8, 4) is 33.4 Å². The van der Waals surface area contributed by atoms with E-state index < -0.39 is 28.9 Å². The normalized spacial score (nSPS) is 12.0. The molecule has 63 heavy (non-hydrogen) atoms. The largest absolute Gasteiger partial charge is 0.480 e. The molecule has 0 aliphatic heterocycles. The quantitative estimate of drug-likeness (QED) is 0.0775. The standard InChI is InChI=1S/C18H17N3O4.C18H18N2O2.C15H13N/c1-20-10-12(9-14(19)18(22)23)16-13(11-5-3-2-4-6-11)7-8-15(17(16)20)21(24)25;1-20-11-13(10-15(19)18(21)22)17-14(8-5-9-16(17)20)12-6-3-2-4-7-12;1-16-11-10-14-13(8-5-9-15(14)16)12-6-3-2-4-7-12/h2-8,10,14H,9,19H2,1H3,(H,22,23);2-9,11,15H,10,19H2,1H3,(H,21,22);2-11H,1H3. The van der Waals surface area contributed by atoms with Gasteiger partial charge in [-0.25, -0.2) is 0 Å². The molecular weight excluding hydrogens is 793 g/mol. The molecule has 12 nitrogen and oxygen atoms in total. The number of nitro groups is 1. The molecule has 9 aromatic rings. The fraction of sp³-hybridized carbons (Fsp3) is 0.137. The molecule has 0 bridgehead atoms. The maximum atomic E-state index is 11.4. The first-order valence-corrected chi connectivity index (χ1v) is 20.3. The van der Waals surface area contributed by atoms with Gasteiger partial charge in [0.2, 0.25) is 0 Å². The molecule has 318 valence electrons. The summed E-state index contributed by atoms with van der Waals surface area (Å²) in [6.07, 6.45) is 6.20. The molecule has 0 saturated heterocycles. The smallest absolute Gasteiger partial charge is 0.320 e. The minimum Gasteiger partial charge on any atom is -0.480 e. The third-order valence-electron chi connectivity index (χ3n) is 11.2. The zero-order valence-electron chi connectivity index (χ0n) is 35.1. The molecule has 6 N–H and O–H groups in total. The fourth-order valence-corrected chi connectivity index (χ4v) is 8.16. The van der Waals surface area contributed by atoms with E-state index in [-0.39, 0.29) is 12.1 Å². The van der Waals surface area contributed by atoms with Crippen LogP contribution in [0, 0.1) is 10.1 Å². The van der Waals surface area contributed by atoms with Crippen molar-refractivity contribution in [2.45, 2.75) is 24.9 Å². The van der Waals surface area contributed by atoms with E-state index in [4.69, 9.17) is 21.7 Å². The number of fused-ring (bicyclic) bond motifs is 3. The van der Waals surface area contributed by atoms with Crippen molar-refractivity contribution >= 4 is 50.3 Å². The van der Waals surface area contributed by atoms with Crippen LogP contribution in [0.1, 0.15) is 11.1 Å². The van der Waals surface area contributed by atoms with Gasteiger partial charge in [-0.15, -0.1) is 0 Å². The molecule has 0 aliphatic carbocycles. The van der Waals surface area contributed by atoms with Crippen LogP contribution in [0.4, 0.5) is 5.69 Å². The summed E-state index contributed by atoms with van der Waals surface area (Å²) >= 11 is 0. The van der Waals surface area contributed by atoms with Crippen molar-refractivity contribution in [3.63, 3.8) is 0 Å². The Labute approximate surface area is 364 Å². The molecule has 6 aromatic carbocycles. The van der Waals surface area contributed by atoms with Crippen molar-refractivity contribution in [2.75, 3.05) is 0 Å².